The maximum atomic E-state index is 12.6. The van der Waals surface area contributed by atoms with Crippen molar-refractivity contribution < 1.29 is 4.79 Å². The van der Waals surface area contributed by atoms with Gasteiger partial charge in [-0.3, -0.25) is 9.78 Å². The molecule has 4 nitrogen and oxygen atoms in total. The summed E-state index contributed by atoms with van der Waals surface area (Å²) in [5, 5.41) is 4.05. The molecular weight excluding hydrogens is 310 g/mol. The summed E-state index contributed by atoms with van der Waals surface area (Å²) in [6, 6.07) is 22.0. The highest BCUT2D eigenvalue weighted by molar-refractivity contribution is 6.05. The average molecular weight is 325 g/mol. The first-order valence-corrected chi connectivity index (χ1v) is 8.24. The molecule has 0 aliphatic carbocycles. The fourth-order valence-electron chi connectivity index (χ4n) is 3.48. The molecule has 1 aliphatic rings. The van der Waals surface area contributed by atoms with Gasteiger partial charge in [0.05, 0.1) is 11.2 Å². The number of aromatic amines is 1. The Bertz CT molecular complexity index is 1100. The topological polar surface area (TPSA) is 57.8 Å². The number of hydrogen-bond acceptors (Lipinski definition) is 2. The third-order valence-corrected chi connectivity index (χ3v) is 4.71. The Kier molecular flexibility index (Phi) is 2.97. The van der Waals surface area contributed by atoms with E-state index in [1.165, 1.54) is 0 Å². The van der Waals surface area contributed by atoms with Crippen LogP contribution in [0.2, 0.25) is 0 Å². The van der Waals surface area contributed by atoms with Crippen molar-refractivity contribution in [2.24, 2.45) is 0 Å². The Hall–Kier alpha value is -3.40. The third kappa shape index (κ3) is 2.22. The lowest BCUT2D eigenvalue weighted by molar-refractivity contribution is -0.116. The van der Waals surface area contributed by atoms with Crippen LogP contribution in [-0.4, -0.2) is 15.9 Å². The highest BCUT2D eigenvalue weighted by Gasteiger charge is 2.33. The monoisotopic (exact) mass is 325 g/mol. The van der Waals surface area contributed by atoms with Crippen LogP contribution in [0.3, 0.4) is 0 Å². The van der Waals surface area contributed by atoms with E-state index in [0.29, 0.717) is 0 Å². The smallest absolute Gasteiger partial charge is 0.238 e. The molecule has 3 heterocycles. The van der Waals surface area contributed by atoms with E-state index in [2.05, 4.69) is 16.4 Å². The molecule has 1 atom stereocenters. The van der Waals surface area contributed by atoms with Crippen molar-refractivity contribution in [1.29, 1.82) is 0 Å². The van der Waals surface area contributed by atoms with Gasteiger partial charge >= 0.3 is 0 Å². The second kappa shape index (κ2) is 5.31. The summed E-state index contributed by atoms with van der Waals surface area (Å²) in [5.74, 6) is -0.407. The number of benzene rings is 2. The van der Waals surface area contributed by atoms with Crippen molar-refractivity contribution in [3.05, 3.63) is 84.2 Å². The van der Waals surface area contributed by atoms with E-state index >= 15 is 0 Å². The van der Waals surface area contributed by atoms with Crippen molar-refractivity contribution in [3.63, 3.8) is 0 Å². The number of nitrogens with one attached hydrogen (secondary N) is 2. The van der Waals surface area contributed by atoms with E-state index in [0.717, 1.165) is 39.1 Å². The molecule has 1 amide bonds. The molecule has 1 aliphatic heterocycles. The normalized spacial score (nSPS) is 16.0. The zero-order chi connectivity index (χ0) is 16.8. The standard InChI is InChI=1S/C21H15N3O/c25-21-20(19-10-7-13-4-1-2-5-17(13)23-19)15-12-14(8-9-18(15)24-21)16-6-3-11-22-16/h1-12,20,22H,(H,24,25). The lowest BCUT2D eigenvalue weighted by Gasteiger charge is -2.10. The minimum absolute atomic E-state index is 0.0265. The van der Waals surface area contributed by atoms with Gasteiger partial charge in [0.15, 0.2) is 0 Å². The fraction of sp³-hybridized carbons (Fsp3) is 0.0476. The maximum absolute atomic E-state index is 12.6. The van der Waals surface area contributed by atoms with Crippen molar-refractivity contribution in [2.45, 2.75) is 5.92 Å². The number of para-hydroxylation sites is 1. The van der Waals surface area contributed by atoms with Crippen LogP contribution in [0.5, 0.6) is 0 Å². The van der Waals surface area contributed by atoms with Crippen LogP contribution in [0.25, 0.3) is 22.2 Å². The average Bonchev–Trinajstić information content (AvgIpc) is 3.28. The van der Waals surface area contributed by atoms with Gasteiger partial charge in [-0.25, -0.2) is 0 Å². The van der Waals surface area contributed by atoms with Gasteiger partial charge in [-0.2, -0.15) is 0 Å². The van der Waals surface area contributed by atoms with Crippen LogP contribution in [0.15, 0.2) is 72.9 Å². The molecule has 25 heavy (non-hydrogen) atoms. The molecule has 120 valence electrons. The predicted octanol–water partition coefficient (Wildman–Crippen LogP) is 4.31. The van der Waals surface area contributed by atoms with E-state index in [-0.39, 0.29) is 11.8 Å². The Labute approximate surface area is 144 Å². The zero-order valence-electron chi connectivity index (χ0n) is 13.4. The molecule has 2 N–H and O–H groups in total. The largest absolute Gasteiger partial charge is 0.361 e. The Morgan fingerprint density at radius 1 is 0.920 bits per heavy atom. The highest BCUT2D eigenvalue weighted by atomic mass is 16.2. The van der Waals surface area contributed by atoms with E-state index in [9.17, 15) is 4.79 Å². The van der Waals surface area contributed by atoms with Gasteiger partial charge in [-0.05, 0) is 47.5 Å². The van der Waals surface area contributed by atoms with Crippen LogP contribution >= 0.6 is 0 Å². The van der Waals surface area contributed by atoms with Gasteiger partial charge in [0.1, 0.15) is 5.92 Å². The lowest BCUT2D eigenvalue weighted by Crippen LogP contribution is -2.14. The van der Waals surface area contributed by atoms with Crippen LogP contribution in [0, 0.1) is 0 Å². The van der Waals surface area contributed by atoms with Crippen LogP contribution in [-0.2, 0) is 4.79 Å². The minimum atomic E-state index is -0.380. The van der Waals surface area contributed by atoms with E-state index < -0.39 is 0 Å². The molecule has 0 bridgehead atoms. The number of nitrogens with zero attached hydrogens (tertiary/aromatic N) is 1. The number of aromatic nitrogens is 2. The molecule has 0 fully saturated rings. The molecular formula is C21H15N3O. The maximum Gasteiger partial charge on any atom is 0.238 e. The van der Waals surface area contributed by atoms with Gasteiger partial charge in [-0.1, -0.05) is 30.3 Å². The van der Waals surface area contributed by atoms with Gasteiger partial charge in [-0.15, -0.1) is 0 Å². The van der Waals surface area contributed by atoms with Gasteiger partial charge in [0.2, 0.25) is 5.91 Å². The Morgan fingerprint density at radius 3 is 2.72 bits per heavy atom. The number of amides is 1. The number of pyridine rings is 1. The summed E-state index contributed by atoms with van der Waals surface area (Å²) in [6.45, 7) is 0. The molecule has 0 radical (unpaired) electrons. The van der Waals surface area contributed by atoms with Crippen LogP contribution in [0.4, 0.5) is 5.69 Å². The third-order valence-electron chi connectivity index (χ3n) is 4.71. The molecule has 4 aromatic rings. The van der Waals surface area contributed by atoms with Gasteiger partial charge < -0.3 is 10.3 Å². The van der Waals surface area contributed by atoms with Crippen molar-refractivity contribution >= 4 is 22.5 Å². The number of carbonyl (C=O) groups excluding carboxylic acids is 1. The molecule has 2 aromatic heterocycles. The summed E-state index contributed by atoms with van der Waals surface area (Å²) < 4.78 is 0. The minimum Gasteiger partial charge on any atom is -0.361 e. The summed E-state index contributed by atoms with van der Waals surface area (Å²) in [4.78, 5) is 20.6. The van der Waals surface area contributed by atoms with Crippen molar-refractivity contribution in [1.82, 2.24) is 9.97 Å². The van der Waals surface area contributed by atoms with E-state index in [1.54, 1.807) is 0 Å². The Morgan fingerprint density at radius 2 is 1.84 bits per heavy atom. The Balaban J connectivity index is 1.65. The number of carbonyl (C=O) groups is 1. The van der Waals surface area contributed by atoms with Crippen molar-refractivity contribution in [3.8, 4) is 11.3 Å². The SMILES string of the molecule is O=C1Nc2ccc(-c3ccc[nH]3)cc2C1c1ccc2ccccc2n1. The molecule has 0 spiro atoms. The number of H-pyrrole nitrogens is 1. The van der Waals surface area contributed by atoms with Gasteiger partial charge in [0.25, 0.3) is 0 Å². The second-order valence-corrected chi connectivity index (χ2v) is 6.24. The lowest BCUT2D eigenvalue weighted by atomic mass is 9.94. The summed E-state index contributed by atoms with van der Waals surface area (Å²) in [7, 11) is 0. The quantitative estimate of drug-likeness (QED) is 0.577. The van der Waals surface area contributed by atoms with Crippen LogP contribution < -0.4 is 5.32 Å². The molecule has 5 rings (SSSR count). The molecule has 4 heteroatoms. The number of rotatable bonds is 2. The number of fused-ring (bicyclic) bond motifs is 2. The molecule has 0 saturated carbocycles. The first-order chi connectivity index (χ1) is 12.3. The summed E-state index contributed by atoms with van der Waals surface area (Å²) in [6.07, 6.45) is 1.90. The predicted molar refractivity (Wildman–Crippen MR) is 98.4 cm³/mol. The zero-order valence-corrected chi connectivity index (χ0v) is 13.4. The highest BCUT2D eigenvalue weighted by Crippen LogP contribution is 2.39. The molecule has 0 saturated heterocycles. The van der Waals surface area contributed by atoms with E-state index in [1.807, 2.05) is 66.9 Å². The first kappa shape index (κ1) is 14.0. The van der Waals surface area contributed by atoms with Gasteiger partial charge in [0, 0.05) is 23.0 Å². The number of hydrogen-bond donors (Lipinski definition) is 2. The second-order valence-electron chi connectivity index (χ2n) is 6.24. The number of anilines is 1. The fourth-order valence-corrected chi connectivity index (χ4v) is 3.48. The molecule has 1 unspecified atom stereocenters. The van der Waals surface area contributed by atoms with Crippen molar-refractivity contribution in [2.75, 3.05) is 5.32 Å². The van der Waals surface area contributed by atoms with Crippen LogP contribution in [0.1, 0.15) is 17.2 Å². The molecule has 2 aromatic carbocycles. The summed E-state index contributed by atoms with van der Waals surface area (Å²) in [5.41, 5.74) is 5.61. The first-order valence-electron chi connectivity index (χ1n) is 8.24. The summed E-state index contributed by atoms with van der Waals surface area (Å²) >= 11 is 0. The van der Waals surface area contributed by atoms with E-state index in [4.69, 9.17) is 4.98 Å².